The maximum absolute atomic E-state index is 12.2. The number of amides is 1. The Labute approximate surface area is 110 Å². The molecule has 98 valence electrons. The van der Waals surface area contributed by atoms with E-state index in [4.69, 9.17) is 18.0 Å². The molecular formula is C13H24N2OS. The molecule has 0 aliphatic heterocycles. The van der Waals surface area contributed by atoms with E-state index >= 15 is 0 Å². The Morgan fingerprint density at radius 1 is 1.47 bits per heavy atom. The van der Waals surface area contributed by atoms with Crippen molar-refractivity contribution in [3.05, 3.63) is 0 Å². The van der Waals surface area contributed by atoms with Crippen molar-refractivity contribution in [1.29, 1.82) is 0 Å². The van der Waals surface area contributed by atoms with Crippen LogP contribution in [0.1, 0.15) is 52.9 Å². The highest BCUT2D eigenvalue weighted by Gasteiger charge is 2.36. The Hall–Kier alpha value is -0.640. The maximum Gasteiger partial charge on any atom is 0.232 e. The van der Waals surface area contributed by atoms with E-state index in [-0.39, 0.29) is 16.3 Å². The fraction of sp³-hybridized carbons (Fsp3) is 0.846. The van der Waals surface area contributed by atoms with E-state index < -0.39 is 5.41 Å². The van der Waals surface area contributed by atoms with Gasteiger partial charge in [-0.2, -0.15) is 0 Å². The number of carbonyl (C=O) groups is 1. The average molecular weight is 256 g/mol. The molecule has 0 aromatic heterocycles. The van der Waals surface area contributed by atoms with E-state index in [2.05, 4.69) is 12.2 Å². The molecule has 0 spiro atoms. The smallest absolute Gasteiger partial charge is 0.232 e. The lowest BCUT2D eigenvalue weighted by Gasteiger charge is -2.29. The van der Waals surface area contributed by atoms with Crippen molar-refractivity contribution in [3.63, 3.8) is 0 Å². The predicted octanol–water partition coefficient (Wildman–Crippen LogP) is 2.39. The van der Waals surface area contributed by atoms with E-state index in [0.717, 1.165) is 6.54 Å². The Bertz CT molecular complexity index is 311. The van der Waals surface area contributed by atoms with Crippen LogP contribution in [0, 0.1) is 10.8 Å². The van der Waals surface area contributed by atoms with Gasteiger partial charge in [0.05, 0.1) is 10.4 Å². The van der Waals surface area contributed by atoms with Crippen molar-refractivity contribution in [2.24, 2.45) is 16.6 Å². The van der Waals surface area contributed by atoms with Gasteiger partial charge < -0.3 is 11.1 Å². The molecule has 1 unspecified atom stereocenters. The molecule has 0 bridgehead atoms. The second-order valence-electron chi connectivity index (χ2n) is 5.75. The van der Waals surface area contributed by atoms with Crippen LogP contribution >= 0.6 is 12.2 Å². The highest BCUT2D eigenvalue weighted by Crippen LogP contribution is 2.37. The molecule has 3 N–H and O–H groups in total. The molecule has 3 nitrogen and oxygen atoms in total. The molecule has 4 heteroatoms. The topological polar surface area (TPSA) is 55.1 Å². The van der Waals surface area contributed by atoms with Crippen molar-refractivity contribution in [1.82, 2.24) is 5.32 Å². The van der Waals surface area contributed by atoms with Gasteiger partial charge in [-0.05, 0) is 31.6 Å². The van der Waals surface area contributed by atoms with Crippen LogP contribution in [0.3, 0.4) is 0 Å². The Morgan fingerprint density at radius 2 is 2.00 bits per heavy atom. The van der Waals surface area contributed by atoms with Crippen molar-refractivity contribution in [2.75, 3.05) is 6.54 Å². The monoisotopic (exact) mass is 256 g/mol. The highest BCUT2D eigenvalue weighted by atomic mass is 32.1. The van der Waals surface area contributed by atoms with Gasteiger partial charge in [0.1, 0.15) is 0 Å². The summed E-state index contributed by atoms with van der Waals surface area (Å²) in [4.78, 5) is 12.4. The molecular weight excluding hydrogens is 232 g/mol. The summed E-state index contributed by atoms with van der Waals surface area (Å²) in [5, 5.41) is 3.03. The van der Waals surface area contributed by atoms with Crippen molar-refractivity contribution >= 4 is 23.1 Å². The Morgan fingerprint density at radius 3 is 2.41 bits per heavy atom. The molecule has 1 rings (SSSR count). The van der Waals surface area contributed by atoms with E-state index in [9.17, 15) is 4.79 Å². The lowest BCUT2D eigenvalue weighted by atomic mass is 9.84. The predicted molar refractivity (Wildman–Crippen MR) is 74.8 cm³/mol. The molecule has 1 atom stereocenters. The quantitative estimate of drug-likeness (QED) is 0.743. The van der Waals surface area contributed by atoms with Crippen LogP contribution in [0.4, 0.5) is 0 Å². The molecule has 0 heterocycles. The summed E-state index contributed by atoms with van der Waals surface area (Å²) < 4.78 is 0. The summed E-state index contributed by atoms with van der Waals surface area (Å²) in [6.07, 6.45) is 5.58. The van der Waals surface area contributed by atoms with Crippen LogP contribution < -0.4 is 11.1 Å². The molecule has 0 saturated heterocycles. The van der Waals surface area contributed by atoms with Crippen molar-refractivity contribution in [2.45, 2.75) is 52.9 Å². The molecule has 0 aromatic rings. The molecule has 1 amide bonds. The number of nitrogens with two attached hydrogens (primary N) is 1. The number of thiocarbonyl (C=S) groups is 1. The molecule has 1 aliphatic rings. The second-order valence-corrected chi connectivity index (χ2v) is 6.19. The van der Waals surface area contributed by atoms with Gasteiger partial charge in [-0.25, -0.2) is 0 Å². The van der Waals surface area contributed by atoms with E-state index in [0.29, 0.717) is 6.42 Å². The third kappa shape index (κ3) is 3.18. The number of hydrogen-bond acceptors (Lipinski definition) is 2. The van der Waals surface area contributed by atoms with Crippen molar-refractivity contribution < 1.29 is 4.79 Å². The first-order chi connectivity index (χ1) is 7.84. The van der Waals surface area contributed by atoms with Gasteiger partial charge in [-0.15, -0.1) is 0 Å². The Balaban J connectivity index is 2.57. The lowest BCUT2D eigenvalue weighted by Crippen LogP contribution is -2.48. The summed E-state index contributed by atoms with van der Waals surface area (Å²) in [5.41, 5.74) is 5.23. The van der Waals surface area contributed by atoms with Gasteiger partial charge in [0.2, 0.25) is 5.91 Å². The zero-order valence-electron chi connectivity index (χ0n) is 11.1. The first kappa shape index (κ1) is 14.4. The van der Waals surface area contributed by atoms with Gasteiger partial charge in [-0.3, -0.25) is 4.79 Å². The van der Waals surface area contributed by atoms with E-state index in [1.807, 2.05) is 13.8 Å². The number of carbonyl (C=O) groups excluding carboxylic acids is 1. The van der Waals surface area contributed by atoms with Crippen molar-refractivity contribution in [3.8, 4) is 0 Å². The summed E-state index contributed by atoms with van der Waals surface area (Å²) in [7, 11) is 0. The summed E-state index contributed by atoms with van der Waals surface area (Å²) in [6, 6.07) is 0. The largest absolute Gasteiger partial charge is 0.392 e. The van der Waals surface area contributed by atoms with Gasteiger partial charge >= 0.3 is 0 Å². The third-order valence-electron chi connectivity index (χ3n) is 4.24. The molecule has 1 aliphatic carbocycles. The fourth-order valence-corrected chi connectivity index (χ4v) is 2.58. The first-order valence-electron chi connectivity index (χ1n) is 6.42. The minimum absolute atomic E-state index is 0.0272. The zero-order chi connectivity index (χ0) is 13.1. The molecule has 0 aromatic carbocycles. The highest BCUT2D eigenvalue weighted by molar-refractivity contribution is 7.80. The van der Waals surface area contributed by atoms with Crippen LogP contribution in [-0.2, 0) is 4.79 Å². The number of rotatable bonds is 5. The van der Waals surface area contributed by atoms with E-state index in [1.54, 1.807) is 0 Å². The normalized spacial score (nSPS) is 21.8. The van der Waals surface area contributed by atoms with Crippen LogP contribution in [0.5, 0.6) is 0 Å². The zero-order valence-corrected chi connectivity index (χ0v) is 12.0. The van der Waals surface area contributed by atoms with Gasteiger partial charge in [0, 0.05) is 6.54 Å². The van der Waals surface area contributed by atoms with Gasteiger partial charge in [-0.1, -0.05) is 38.9 Å². The fourth-order valence-electron chi connectivity index (χ4n) is 2.34. The number of hydrogen-bond donors (Lipinski definition) is 2. The third-order valence-corrected chi connectivity index (χ3v) is 4.69. The maximum atomic E-state index is 12.2. The standard InChI is InChI=1S/C13H24N2OS/c1-4-13(3,10(14)17)11(16)15-9-12(2)7-5-6-8-12/h4-9H2,1-3H3,(H2,14,17)(H,15,16). The average Bonchev–Trinajstić information content (AvgIpc) is 2.72. The van der Waals surface area contributed by atoms with Gasteiger partial charge in [0.25, 0.3) is 0 Å². The second kappa shape index (κ2) is 5.34. The van der Waals surface area contributed by atoms with Crippen LogP contribution in [0.15, 0.2) is 0 Å². The SMILES string of the molecule is CCC(C)(C(=O)NCC1(C)CCCC1)C(N)=S. The Kier molecular flexibility index (Phi) is 4.53. The molecule has 17 heavy (non-hydrogen) atoms. The summed E-state index contributed by atoms with van der Waals surface area (Å²) >= 11 is 5.00. The summed E-state index contributed by atoms with van der Waals surface area (Å²) in [5.74, 6) is -0.0272. The summed E-state index contributed by atoms with van der Waals surface area (Å²) in [6.45, 7) is 6.74. The van der Waals surface area contributed by atoms with Crippen LogP contribution in [-0.4, -0.2) is 17.4 Å². The molecule has 1 fully saturated rings. The lowest BCUT2D eigenvalue weighted by molar-refractivity contribution is -0.127. The molecule has 0 radical (unpaired) electrons. The number of nitrogens with one attached hydrogen (secondary N) is 1. The molecule has 1 saturated carbocycles. The minimum atomic E-state index is -0.704. The first-order valence-corrected chi connectivity index (χ1v) is 6.83. The minimum Gasteiger partial charge on any atom is -0.392 e. The van der Waals surface area contributed by atoms with Crippen LogP contribution in [0.2, 0.25) is 0 Å². The van der Waals surface area contributed by atoms with Crippen LogP contribution in [0.25, 0.3) is 0 Å². The van der Waals surface area contributed by atoms with Gasteiger partial charge in [0.15, 0.2) is 0 Å². The van der Waals surface area contributed by atoms with E-state index in [1.165, 1.54) is 25.7 Å².